The van der Waals surface area contributed by atoms with Crippen molar-refractivity contribution in [3.63, 3.8) is 0 Å². The van der Waals surface area contributed by atoms with Crippen LogP contribution in [-0.4, -0.2) is 84.4 Å². The normalized spacial score (nSPS) is 16.4. The Balaban J connectivity index is 0.000000125. The van der Waals surface area contributed by atoms with Gasteiger partial charge >= 0.3 is 35.1 Å². The maximum Gasteiger partial charge on any atom is 0.328 e. The highest BCUT2D eigenvalue weighted by Crippen LogP contribution is 2.36. The number of benzene rings is 6. The van der Waals surface area contributed by atoms with Crippen LogP contribution < -0.4 is 68.0 Å². The van der Waals surface area contributed by atoms with E-state index in [1.807, 2.05) is 60.7 Å². The molecule has 0 saturated heterocycles. The first-order valence-corrected chi connectivity index (χ1v) is 38.7. The summed E-state index contributed by atoms with van der Waals surface area (Å²) in [5.74, 6) is 7.02. The van der Waals surface area contributed by atoms with E-state index in [2.05, 4.69) is 141 Å². The van der Waals surface area contributed by atoms with Crippen molar-refractivity contribution in [2.45, 2.75) is 161 Å². The topological polar surface area (TPSA) is 336 Å². The molecule has 3 saturated carbocycles. The number of aromatic nitrogens is 12. The number of nitrogens with two attached hydrogens (primary N) is 3. The molecule has 25 heteroatoms. The molecule has 0 radical (unpaired) electrons. The molecule has 10 N–H and O–H groups in total. The van der Waals surface area contributed by atoms with Crippen molar-refractivity contribution < 1.29 is 28.4 Å². The molecule has 6 aliphatic rings. The second-order valence-corrected chi connectivity index (χ2v) is 29.6. The summed E-state index contributed by atoms with van der Waals surface area (Å²) in [5.41, 5.74) is 30.0. The first-order valence-electron chi connectivity index (χ1n) is 38.7. The molecular weight excluding hydrogens is 1390 g/mol. The van der Waals surface area contributed by atoms with Crippen LogP contribution in [0, 0.1) is 11.8 Å². The first-order chi connectivity index (χ1) is 53.8. The molecule has 25 nitrogen and oxygen atoms in total. The number of imidazole rings is 3. The van der Waals surface area contributed by atoms with Gasteiger partial charge in [0, 0.05) is 12.6 Å². The molecule has 3 aliphatic carbocycles. The lowest BCUT2D eigenvalue weighted by Crippen LogP contribution is -2.34. The Hall–Kier alpha value is -12.0. The lowest BCUT2D eigenvalue weighted by molar-refractivity contribution is 0.283. The summed E-state index contributed by atoms with van der Waals surface area (Å²) in [6, 6.07) is 44.7. The Kier molecular flexibility index (Phi) is 21.8. The SMILES string of the molecule is Nc1nc2nc3c1[nH]c(=O)n3Cc1cc(cc(Oc3ccc(CCC4CC4)cc3)c1)C/C=C/CCO2.Nc1nc2nc3c1[nH]c(=O)n3Cc1cc(cc(Oc3ccc(CCC4CCC4)cc3)c1)C/C=C/CCO2.Nc1nc2nc3c1[nH]c(=O)n3Cc1cc(cc(Oc3ccc(CNC4CCC4)cc3)c1)CCCCCO2. The van der Waals surface area contributed by atoms with E-state index < -0.39 is 0 Å². The number of aromatic amines is 3. The van der Waals surface area contributed by atoms with Crippen LogP contribution in [0.15, 0.2) is 166 Å². The predicted octanol–water partition coefficient (Wildman–Crippen LogP) is 14.2. The van der Waals surface area contributed by atoms with Crippen LogP contribution in [0.3, 0.4) is 0 Å². The summed E-state index contributed by atoms with van der Waals surface area (Å²) in [5, 5.41) is 3.60. The van der Waals surface area contributed by atoms with Gasteiger partial charge in [-0.05, 0) is 225 Å². The van der Waals surface area contributed by atoms with E-state index >= 15 is 0 Å². The fourth-order valence-corrected chi connectivity index (χ4v) is 14.5. The van der Waals surface area contributed by atoms with Gasteiger partial charge in [0.2, 0.25) is 0 Å². The summed E-state index contributed by atoms with van der Waals surface area (Å²) < 4.78 is 40.6. The average molecular weight is 1480 g/mol. The smallest absolute Gasteiger partial charge is 0.328 e. The van der Waals surface area contributed by atoms with Crippen LogP contribution in [-0.2, 0) is 58.3 Å². The van der Waals surface area contributed by atoms with Crippen molar-refractivity contribution in [1.29, 1.82) is 0 Å². The fraction of sp³-hybridized carbons (Fsp3) is 0.353. The molecule has 0 atom stereocenters. The van der Waals surface area contributed by atoms with Crippen molar-refractivity contribution >= 4 is 50.9 Å². The molecule has 566 valence electrons. The van der Waals surface area contributed by atoms with Crippen molar-refractivity contribution in [1.82, 2.24) is 63.9 Å². The van der Waals surface area contributed by atoms with E-state index in [9.17, 15) is 14.4 Å². The molecular formula is C85H92N16O9. The number of H-pyrrole nitrogens is 3. The van der Waals surface area contributed by atoms with Crippen LogP contribution in [0.1, 0.15) is 146 Å². The summed E-state index contributed by atoms with van der Waals surface area (Å²) in [7, 11) is 0. The largest absolute Gasteiger partial charge is 0.463 e. The van der Waals surface area contributed by atoms with Gasteiger partial charge in [-0.25, -0.2) is 14.4 Å². The highest BCUT2D eigenvalue weighted by Gasteiger charge is 2.24. The van der Waals surface area contributed by atoms with E-state index in [0.29, 0.717) is 91.8 Å². The number of hydrogen-bond acceptors (Lipinski definition) is 19. The highest BCUT2D eigenvalue weighted by molar-refractivity contribution is 5.83. The fourth-order valence-electron chi connectivity index (χ4n) is 14.5. The van der Waals surface area contributed by atoms with Crippen molar-refractivity contribution in [2.75, 3.05) is 37.0 Å². The van der Waals surface area contributed by atoms with E-state index in [1.165, 1.54) is 86.5 Å². The van der Waals surface area contributed by atoms with Gasteiger partial charge in [0.25, 0.3) is 0 Å². The van der Waals surface area contributed by atoms with Crippen LogP contribution in [0.5, 0.6) is 52.5 Å². The first kappa shape index (κ1) is 72.2. The molecule has 12 bridgehead atoms. The molecule has 6 aromatic carbocycles. The van der Waals surface area contributed by atoms with E-state index in [0.717, 1.165) is 132 Å². The zero-order valence-corrected chi connectivity index (χ0v) is 61.7. The number of nitrogen functional groups attached to an aromatic ring is 3. The summed E-state index contributed by atoms with van der Waals surface area (Å²) in [6.07, 6.45) is 30.7. The third kappa shape index (κ3) is 18.1. The Morgan fingerprint density at radius 2 is 0.791 bits per heavy atom. The quantitative estimate of drug-likeness (QED) is 0.0469. The maximum absolute atomic E-state index is 12.8. The van der Waals surface area contributed by atoms with E-state index in [1.54, 1.807) is 13.7 Å². The second-order valence-electron chi connectivity index (χ2n) is 29.6. The lowest BCUT2D eigenvalue weighted by Gasteiger charge is -2.26. The van der Waals surface area contributed by atoms with Gasteiger partial charge in [-0.3, -0.25) is 13.7 Å². The second kappa shape index (κ2) is 33.2. The molecule has 3 fully saturated rings. The number of nitrogens with one attached hydrogen (secondary N) is 4. The van der Waals surface area contributed by atoms with Crippen LogP contribution in [0.4, 0.5) is 17.5 Å². The van der Waals surface area contributed by atoms with Gasteiger partial charge in [0.05, 0.1) is 39.5 Å². The molecule has 12 aromatic rings. The summed E-state index contributed by atoms with van der Waals surface area (Å²) in [6.45, 7) is 3.16. The molecule has 0 spiro atoms. The average Bonchev–Trinajstić information content (AvgIpc) is 1.64. The Morgan fingerprint density at radius 1 is 0.400 bits per heavy atom. The number of hydrogen-bond donors (Lipinski definition) is 7. The summed E-state index contributed by atoms with van der Waals surface area (Å²) in [4.78, 5) is 72.7. The number of ether oxygens (including phenoxy) is 6. The lowest BCUT2D eigenvalue weighted by atomic mass is 9.81. The Labute approximate surface area is 635 Å². The number of rotatable bonds is 15. The third-order valence-electron chi connectivity index (χ3n) is 21.2. The van der Waals surface area contributed by atoms with Gasteiger partial charge in [-0.1, -0.05) is 117 Å². The van der Waals surface area contributed by atoms with Crippen LogP contribution >= 0.6 is 0 Å². The number of nitrogens with zero attached hydrogens (tertiary/aromatic N) is 9. The van der Waals surface area contributed by atoms with Gasteiger partial charge in [-0.15, -0.1) is 0 Å². The van der Waals surface area contributed by atoms with Gasteiger partial charge < -0.3 is 65.9 Å². The molecule has 6 aromatic heterocycles. The zero-order chi connectivity index (χ0) is 74.9. The number of aryl methyl sites for hydroxylation is 3. The van der Waals surface area contributed by atoms with E-state index in [4.69, 9.17) is 45.6 Å². The monoisotopic (exact) mass is 1480 g/mol. The molecule has 3 aliphatic heterocycles. The molecule has 0 amide bonds. The Bertz CT molecular complexity index is 5510. The highest BCUT2D eigenvalue weighted by atomic mass is 16.5. The minimum Gasteiger partial charge on any atom is -0.463 e. The standard InChI is InChI=1S/C29H31N5O3.C28H32N6O3.C28H29N5O3/c30-26-25-27-33-28(32-26)36-14-3-1-2-5-21-15-22(18-34(27)29(35)31-25)17-24(16-21)37-23-12-10-20(11-13-23)9-8-19-6-4-7-19;29-25-24-26-33-27(32-25)36-12-3-1-2-5-19-13-20(17-34(26)28(35)31-24)15-23(14-19)37-22-10-8-18(9-11-22)16-30-21-6-4-7-21;29-25-24-26-32-27(31-25)35-13-3-1-2-4-20-14-21(17-33(26)28(34)30-24)16-23(15-20)36-22-11-9-19(10-12-22)8-7-18-5-6-18/h1-2,10-13,15-17,19H,3-9,14,18H2,(H,31,35)(H2,30,32,33);8-11,13-15,21,30H,1-7,12,16-17H2,(H,31,35)(H2,29,32,33);1-2,9-12,14-16,18H,3-8,13,17H2,(H,30,34)(H2,29,31,32)/b2-1+;;2-1+. The minimum atomic E-state index is -0.301. The summed E-state index contributed by atoms with van der Waals surface area (Å²) >= 11 is 0. The number of fused-ring (bicyclic) bond motifs is 9. The molecule has 9 heterocycles. The minimum absolute atomic E-state index is 0.163. The van der Waals surface area contributed by atoms with Crippen molar-refractivity contribution in [2.24, 2.45) is 11.8 Å². The zero-order valence-electron chi connectivity index (χ0n) is 61.7. The van der Waals surface area contributed by atoms with Crippen molar-refractivity contribution in [3.8, 4) is 52.5 Å². The third-order valence-corrected chi connectivity index (χ3v) is 21.2. The van der Waals surface area contributed by atoms with Crippen LogP contribution in [0.2, 0.25) is 0 Å². The number of anilines is 3. The molecule has 18 rings (SSSR count). The van der Waals surface area contributed by atoms with Gasteiger partial charge in [-0.2, -0.15) is 29.9 Å². The maximum atomic E-state index is 12.8. The predicted molar refractivity (Wildman–Crippen MR) is 424 cm³/mol. The molecule has 0 unspecified atom stereocenters. The van der Waals surface area contributed by atoms with Crippen molar-refractivity contribution in [3.05, 3.63) is 233 Å². The van der Waals surface area contributed by atoms with E-state index in [-0.39, 0.29) is 52.6 Å². The van der Waals surface area contributed by atoms with Crippen LogP contribution in [0.25, 0.3) is 33.5 Å². The van der Waals surface area contributed by atoms with Gasteiger partial charge in [0.15, 0.2) is 34.4 Å². The number of allylic oxidation sites excluding steroid dienone is 2. The molecule has 110 heavy (non-hydrogen) atoms. The van der Waals surface area contributed by atoms with Gasteiger partial charge in [0.1, 0.15) is 51.0 Å². The Morgan fingerprint density at radius 3 is 1.20 bits per heavy atom.